The molecule has 2 rings (SSSR count). The van der Waals surface area contributed by atoms with Crippen LogP contribution in [0, 0.1) is 5.82 Å². The second kappa shape index (κ2) is 6.25. The van der Waals surface area contributed by atoms with Gasteiger partial charge in [0.2, 0.25) is 0 Å². The highest BCUT2D eigenvalue weighted by Crippen LogP contribution is 2.30. The summed E-state index contributed by atoms with van der Waals surface area (Å²) in [7, 11) is 0. The molecule has 0 spiro atoms. The van der Waals surface area contributed by atoms with E-state index in [2.05, 4.69) is 37.2 Å². The van der Waals surface area contributed by atoms with Crippen molar-refractivity contribution in [3.8, 4) is 0 Å². The van der Waals surface area contributed by atoms with Gasteiger partial charge in [-0.1, -0.05) is 33.6 Å². The van der Waals surface area contributed by atoms with Crippen LogP contribution in [0.2, 0.25) is 5.02 Å². The number of rotatable bonds is 3. The van der Waals surface area contributed by atoms with E-state index in [4.69, 9.17) is 11.6 Å². The lowest BCUT2D eigenvalue weighted by atomic mass is 10.1. The standard InChI is InChI=1S/C14H11Br2ClFN/c1-8(9-2-4-13(18)12(17)6-9)19-14-5-3-10(15)7-11(14)16/h2-8,19H,1H3. The second-order valence-electron chi connectivity index (χ2n) is 4.16. The molecule has 2 aromatic rings. The monoisotopic (exact) mass is 405 g/mol. The van der Waals surface area contributed by atoms with Crippen molar-refractivity contribution in [3.05, 3.63) is 61.7 Å². The van der Waals surface area contributed by atoms with Gasteiger partial charge in [0.25, 0.3) is 0 Å². The van der Waals surface area contributed by atoms with Crippen molar-refractivity contribution in [1.29, 1.82) is 0 Å². The van der Waals surface area contributed by atoms with Crippen LogP contribution >= 0.6 is 43.5 Å². The van der Waals surface area contributed by atoms with E-state index < -0.39 is 5.82 Å². The molecule has 0 aliphatic carbocycles. The highest BCUT2D eigenvalue weighted by atomic mass is 79.9. The van der Waals surface area contributed by atoms with Gasteiger partial charge in [0.1, 0.15) is 5.82 Å². The first-order valence-electron chi connectivity index (χ1n) is 5.64. The van der Waals surface area contributed by atoms with Crippen LogP contribution in [0.5, 0.6) is 0 Å². The predicted octanol–water partition coefficient (Wildman–Crippen LogP) is 6.18. The van der Waals surface area contributed by atoms with E-state index in [9.17, 15) is 4.39 Å². The number of nitrogens with one attached hydrogen (secondary N) is 1. The van der Waals surface area contributed by atoms with Gasteiger partial charge in [0, 0.05) is 20.7 Å². The van der Waals surface area contributed by atoms with Gasteiger partial charge in [-0.25, -0.2) is 4.39 Å². The van der Waals surface area contributed by atoms with E-state index in [1.807, 2.05) is 25.1 Å². The van der Waals surface area contributed by atoms with E-state index in [1.165, 1.54) is 6.07 Å². The van der Waals surface area contributed by atoms with Gasteiger partial charge in [-0.2, -0.15) is 0 Å². The summed E-state index contributed by atoms with van der Waals surface area (Å²) in [6, 6.07) is 10.7. The summed E-state index contributed by atoms with van der Waals surface area (Å²) in [4.78, 5) is 0. The third-order valence-electron chi connectivity index (χ3n) is 2.75. The fourth-order valence-electron chi connectivity index (χ4n) is 1.70. The second-order valence-corrected chi connectivity index (χ2v) is 6.34. The maximum Gasteiger partial charge on any atom is 0.141 e. The van der Waals surface area contributed by atoms with Crippen molar-refractivity contribution in [2.45, 2.75) is 13.0 Å². The van der Waals surface area contributed by atoms with Gasteiger partial charge in [-0.15, -0.1) is 0 Å². The summed E-state index contributed by atoms with van der Waals surface area (Å²) in [6.07, 6.45) is 0. The summed E-state index contributed by atoms with van der Waals surface area (Å²) in [5, 5.41) is 3.49. The number of hydrogen-bond acceptors (Lipinski definition) is 1. The lowest BCUT2D eigenvalue weighted by Crippen LogP contribution is -2.07. The van der Waals surface area contributed by atoms with Crippen LogP contribution in [-0.2, 0) is 0 Å². The van der Waals surface area contributed by atoms with Gasteiger partial charge < -0.3 is 5.32 Å². The summed E-state index contributed by atoms with van der Waals surface area (Å²) < 4.78 is 15.1. The Morgan fingerprint density at radius 1 is 1.16 bits per heavy atom. The van der Waals surface area contributed by atoms with E-state index in [0.29, 0.717) is 0 Å². The molecule has 0 fully saturated rings. The highest BCUT2D eigenvalue weighted by Gasteiger charge is 2.10. The van der Waals surface area contributed by atoms with Gasteiger partial charge in [0.15, 0.2) is 0 Å². The molecule has 5 heteroatoms. The fraction of sp³-hybridized carbons (Fsp3) is 0.143. The Labute approximate surface area is 133 Å². The molecule has 1 N–H and O–H groups in total. The fourth-order valence-corrected chi connectivity index (χ4v) is 3.06. The smallest absolute Gasteiger partial charge is 0.141 e. The molecule has 1 unspecified atom stereocenters. The molecule has 0 heterocycles. The first-order valence-corrected chi connectivity index (χ1v) is 7.60. The number of halogens is 4. The molecule has 1 nitrogen and oxygen atoms in total. The minimum Gasteiger partial charge on any atom is -0.378 e. The number of anilines is 1. The summed E-state index contributed by atoms with van der Waals surface area (Å²) >= 11 is 12.7. The van der Waals surface area contributed by atoms with Crippen LogP contribution in [-0.4, -0.2) is 0 Å². The molecular weight excluding hydrogens is 396 g/mol. The van der Waals surface area contributed by atoms with Gasteiger partial charge in [0.05, 0.1) is 5.02 Å². The zero-order valence-electron chi connectivity index (χ0n) is 10.1. The molecule has 0 saturated heterocycles. The first-order chi connectivity index (χ1) is 8.97. The van der Waals surface area contributed by atoms with Gasteiger partial charge in [-0.3, -0.25) is 0 Å². The minimum absolute atomic E-state index is 0.0237. The lowest BCUT2D eigenvalue weighted by Gasteiger charge is -2.17. The van der Waals surface area contributed by atoms with Crippen LogP contribution in [0.25, 0.3) is 0 Å². The van der Waals surface area contributed by atoms with Crippen molar-refractivity contribution >= 4 is 49.1 Å². The Bertz CT molecular complexity index is 604. The Kier molecular flexibility index (Phi) is 4.87. The maximum absolute atomic E-state index is 13.1. The molecule has 1 atom stereocenters. The van der Waals surface area contributed by atoms with Crippen LogP contribution in [0.3, 0.4) is 0 Å². The molecule has 0 aliphatic heterocycles. The molecule has 0 aliphatic rings. The predicted molar refractivity (Wildman–Crippen MR) is 85.3 cm³/mol. The third kappa shape index (κ3) is 3.71. The largest absolute Gasteiger partial charge is 0.378 e. The molecule has 19 heavy (non-hydrogen) atoms. The maximum atomic E-state index is 13.1. The van der Waals surface area contributed by atoms with Crippen LogP contribution in [0.15, 0.2) is 45.3 Å². The van der Waals surface area contributed by atoms with Gasteiger partial charge in [-0.05, 0) is 58.7 Å². The quantitative estimate of drug-likeness (QED) is 0.641. The molecule has 100 valence electrons. The van der Waals surface area contributed by atoms with E-state index >= 15 is 0 Å². The molecule has 2 aromatic carbocycles. The molecular formula is C14H11Br2ClFN. The molecule has 0 bridgehead atoms. The van der Waals surface area contributed by atoms with Crippen LogP contribution < -0.4 is 5.32 Å². The SMILES string of the molecule is CC(Nc1ccc(Br)cc1Br)c1ccc(F)c(Cl)c1. The molecule has 0 aromatic heterocycles. The summed E-state index contributed by atoms with van der Waals surface area (Å²) in [5.41, 5.74) is 1.90. The Morgan fingerprint density at radius 2 is 1.89 bits per heavy atom. The number of benzene rings is 2. The minimum atomic E-state index is -0.401. The first kappa shape index (κ1) is 14.8. The zero-order valence-corrected chi connectivity index (χ0v) is 14.0. The Hall–Kier alpha value is -0.580. The normalized spacial score (nSPS) is 12.3. The zero-order chi connectivity index (χ0) is 14.0. The molecule has 0 saturated carbocycles. The summed E-state index contributed by atoms with van der Waals surface area (Å²) in [6.45, 7) is 2.00. The van der Waals surface area contributed by atoms with Crippen LogP contribution in [0.4, 0.5) is 10.1 Å². The average Bonchev–Trinajstić information content (AvgIpc) is 2.36. The topological polar surface area (TPSA) is 12.0 Å². The van der Waals surface area contributed by atoms with E-state index in [-0.39, 0.29) is 11.1 Å². The highest BCUT2D eigenvalue weighted by molar-refractivity contribution is 9.11. The van der Waals surface area contributed by atoms with Crippen molar-refractivity contribution in [3.63, 3.8) is 0 Å². The molecule has 0 amide bonds. The lowest BCUT2D eigenvalue weighted by molar-refractivity contribution is 0.627. The Morgan fingerprint density at radius 3 is 2.53 bits per heavy atom. The van der Waals surface area contributed by atoms with Crippen molar-refractivity contribution < 1.29 is 4.39 Å². The van der Waals surface area contributed by atoms with Crippen molar-refractivity contribution in [1.82, 2.24) is 0 Å². The molecule has 0 radical (unpaired) electrons. The van der Waals surface area contributed by atoms with Crippen molar-refractivity contribution in [2.24, 2.45) is 0 Å². The van der Waals surface area contributed by atoms with Gasteiger partial charge >= 0.3 is 0 Å². The summed E-state index contributed by atoms with van der Waals surface area (Å²) in [5.74, 6) is -0.401. The van der Waals surface area contributed by atoms with Crippen LogP contribution in [0.1, 0.15) is 18.5 Å². The average molecular weight is 408 g/mol. The van der Waals surface area contributed by atoms with Crippen molar-refractivity contribution in [2.75, 3.05) is 5.32 Å². The van der Waals surface area contributed by atoms with E-state index in [0.717, 1.165) is 20.2 Å². The number of hydrogen-bond donors (Lipinski definition) is 1. The Balaban J connectivity index is 2.20. The third-order valence-corrected chi connectivity index (χ3v) is 4.19. The van der Waals surface area contributed by atoms with E-state index in [1.54, 1.807) is 12.1 Å².